The molecule has 4 heterocycles. The van der Waals surface area contributed by atoms with Gasteiger partial charge in [-0.05, 0) is 42.5 Å². The zero-order chi connectivity index (χ0) is 28.1. The molecule has 0 fully saturated rings. The maximum atomic E-state index is 4.88. The molecule has 0 spiro atoms. The highest BCUT2D eigenvalue weighted by Gasteiger charge is 2.18. The number of fused-ring (bicyclic) bond motifs is 11. The minimum atomic E-state index is 0.744. The summed E-state index contributed by atoms with van der Waals surface area (Å²) in [7, 11) is 0. The van der Waals surface area contributed by atoms with Crippen molar-refractivity contribution in [2.45, 2.75) is 0 Å². The van der Waals surface area contributed by atoms with E-state index in [0.717, 1.165) is 28.0 Å². The second kappa shape index (κ2) is 8.51. The van der Waals surface area contributed by atoms with Gasteiger partial charge in [-0.15, -0.1) is 11.3 Å². The zero-order valence-corrected chi connectivity index (χ0v) is 23.7. The average molecular weight is 567 g/mol. The molecular weight excluding hydrogens is 545 g/mol. The summed E-state index contributed by atoms with van der Waals surface area (Å²) in [6, 6.07) is 43.3. The minimum Gasteiger partial charge on any atom is -0.353 e. The highest BCUT2D eigenvalue weighted by Crippen LogP contribution is 2.43. The summed E-state index contributed by atoms with van der Waals surface area (Å²) in [6.45, 7) is 0. The topological polar surface area (TPSA) is 46.5 Å². The SMILES string of the molecule is c1ccc(-c2ncc3cc(-n4c5ccccc5c5cc6c(cc54)sc4c6ccc5c6ccccc6[nH]c54)ccc3n2)cc1. The van der Waals surface area contributed by atoms with Crippen molar-refractivity contribution < 1.29 is 0 Å². The van der Waals surface area contributed by atoms with Crippen molar-refractivity contribution >= 4 is 86.0 Å². The van der Waals surface area contributed by atoms with Crippen molar-refractivity contribution in [3.8, 4) is 17.1 Å². The van der Waals surface area contributed by atoms with Gasteiger partial charge in [0.05, 0.1) is 26.8 Å². The summed E-state index contributed by atoms with van der Waals surface area (Å²) in [5, 5.41) is 8.69. The Morgan fingerprint density at radius 2 is 1.42 bits per heavy atom. The van der Waals surface area contributed by atoms with Crippen LogP contribution in [0, 0.1) is 0 Å². The molecule has 10 rings (SSSR count). The molecule has 0 saturated carbocycles. The van der Waals surface area contributed by atoms with E-state index in [0.29, 0.717) is 0 Å². The number of para-hydroxylation sites is 2. The van der Waals surface area contributed by atoms with Crippen LogP contribution in [0.25, 0.3) is 91.8 Å². The molecule has 200 valence electrons. The predicted octanol–water partition coefficient (Wildman–Crippen LogP) is 10.4. The fourth-order valence-corrected chi connectivity index (χ4v) is 8.00. The van der Waals surface area contributed by atoms with Gasteiger partial charge in [-0.2, -0.15) is 0 Å². The second-order valence-electron chi connectivity index (χ2n) is 11.2. The first-order valence-electron chi connectivity index (χ1n) is 14.4. The number of aromatic nitrogens is 4. The van der Waals surface area contributed by atoms with Gasteiger partial charge in [-0.25, -0.2) is 9.97 Å². The summed E-state index contributed by atoms with van der Waals surface area (Å²) >= 11 is 1.87. The molecule has 0 saturated heterocycles. The van der Waals surface area contributed by atoms with Gasteiger partial charge in [0.25, 0.3) is 0 Å². The number of nitrogens with zero attached hydrogens (tertiary/aromatic N) is 3. The van der Waals surface area contributed by atoms with Crippen molar-refractivity contribution in [2.75, 3.05) is 0 Å². The molecule has 10 aromatic rings. The highest BCUT2D eigenvalue weighted by molar-refractivity contribution is 7.26. The number of H-pyrrole nitrogens is 1. The fourth-order valence-electron chi connectivity index (χ4n) is 6.78. The van der Waals surface area contributed by atoms with Gasteiger partial charge < -0.3 is 9.55 Å². The standard InChI is InChI=1S/C38H22N4S/c1-2-8-22(9-3-1)38-39-21-23-18-24(14-17-31(23)41-38)42-33-13-7-5-11-26(33)29-19-30-28-16-15-27-25-10-4-6-12-32(25)40-36(27)37(28)43-35(30)20-34(29)42/h1-21,40H. The Kier molecular flexibility index (Phi) is 4.57. The maximum absolute atomic E-state index is 4.88. The van der Waals surface area contributed by atoms with Crippen LogP contribution in [0.3, 0.4) is 0 Å². The lowest BCUT2D eigenvalue weighted by molar-refractivity contribution is 1.18. The van der Waals surface area contributed by atoms with Crippen molar-refractivity contribution in [1.82, 2.24) is 19.5 Å². The lowest BCUT2D eigenvalue weighted by atomic mass is 10.1. The molecule has 0 aliphatic heterocycles. The molecule has 4 nitrogen and oxygen atoms in total. The fraction of sp³-hybridized carbons (Fsp3) is 0. The monoisotopic (exact) mass is 566 g/mol. The largest absolute Gasteiger partial charge is 0.353 e. The van der Waals surface area contributed by atoms with E-state index in [4.69, 9.17) is 9.97 Å². The van der Waals surface area contributed by atoms with Crippen LogP contribution in [0.5, 0.6) is 0 Å². The second-order valence-corrected chi connectivity index (χ2v) is 12.2. The van der Waals surface area contributed by atoms with Crippen LogP contribution >= 0.6 is 11.3 Å². The molecule has 0 unspecified atom stereocenters. The first-order valence-corrected chi connectivity index (χ1v) is 15.2. The van der Waals surface area contributed by atoms with Gasteiger partial charge in [-0.3, -0.25) is 0 Å². The van der Waals surface area contributed by atoms with Crippen molar-refractivity contribution in [3.05, 3.63) is 128 Å². The van der Waals surface area contributed by atoms with Crippen molar-refractivity contribution in [1.29, 1.82) is 0 Å². The van der Waals surface area contributed by atoms with Gasteiger partial charge >= 0.3 is 0 Å². The van der Waals surface area contributed by atoms with Gasteiger partial charge in [0.1, 0.15) is 0 Å². The molecule has 4 aromatic heterocycles. The first-order chi connectivity index (χ1) is 21.3. The maximum Gasteiger partial charge on any atom is 0.159 e. The number of hydrogen-bond donors (Lipinski definition) is 1. The van der Waals surface area contributed by atoms with E-state index in [1.165, 1.54) is 63.8 Å². The lowest BCUT2D eigenvalue weighted by Gasteiger charge is -2.10. The van der Waals surface area contributed by atoms with Gasteiger partial charge in [0, 0.05) is 65.4 Å². The van der Waals surface area contributed by atoms with Crippen LogP contribution in [-0.2, 0) is 0 Å². The van der Waals surface area contributed by atoms with Crippen LogP contribution in [-0.4, -0.2) is 19.5 Å². The Morgan fingerprint density at radius 1 is 0.605 bits per heavy atom. The highest BCUT2D eigenvalue weighted by atomic mass is 32.1. The van der Waals surface area contributed by atoms with Crippen LogP contribution in [0.4, 0.5) is 0 Å². The number of thiophene rings is 1. The van der Waals surface area contributed by atoms with Gasteiger partial charge in [0.2, 0.25) is 0 Å². The molecule has 0 atom stereocenters. The van der Waals surface area contributed by atoms with E-state index in [1.807, 2.05) is 47.9 Å². The number of hydrogen-bond acceptors (Lipinski definition) is 3. The third kappa shape index (κ3) is 3.25. The van der Waals surface area contributed by atoms with Crippen LogP contribution in [0.15, 0.2) is 128 Å². The summed E-state index contributed by atoms with van der Waals surface area (Å²) < 4.78 is 4.98. The number of aromatic amines is 1. The van der Waals surface area contributed by atoms with E-state index in [2.05, 4.69) is 101 Å². The quantitative estimate of drug-likeness (QED) is 0.226. The number of benzene rings is 6. The zero-order valence-electron chi connectivity index (χ0n) is 22.9. The van der Waals surface area contributed by atoms with E-state index < -0.39 is 0 Å². The normalized spacial score (nSPS) is 12.2. The summed E-state index contributed by atoms with van der Waals surface area (Å²) in [5.74, 6) is 0.744. The molecular formula is C38H22N4S. The molecule has 0 aliphatic rings. The molecule has 0 radical (unpaired) electrons. The summed E-state index contributed by atoms with van der Waals surface area (Å²) in [6.07, 6.45) is 1.94. The van der Waals surface area contributed by atoms with E-state index in [-0.39, 0.29) is 0 Å². The Hall–Kier alpha value is -5.52. The third-order valence-electron chi connectivity index (χ3n) is 8.76. The first kappa shape index (κ1) is 23.1. The lowest BCUT2D eigenvalue weighted by Crippen LogP contribution is -1.95. The minimum absolute atomic E-state index is 0.744. The van der Waals surface area contributed by atoms with Crippen LogP contribution in [0.2, 0.25) is 0 Å². The Bertz CT molecular complexity index is 2730. The summed E-state index contributed by atoms with van der Waals surface area (Å²) in [5.41, 5.74) is 7.87. The Labute approximate surface area is 249 Å². The van der Waals surface area contributed by atoms with E-state index in [9.17, 15) is 0 Å². The Balaban J connectivity index is 1.22. The van der Waals surface area contributed by atoms with Gasteiger partial charge in [-0.1, -0.05) is 78.9 Å². The molecule has 0 amide bonds. The van der Waals surface area contributed by atoms with E-state index in [1.54, 1.807) is 0 Å². The number of rotatable bonds is 2. The third-order valence-corrected chi connectivity index (χ3v) is 9.95. The smallest absolute Gasteiger partial charge is 0.159 e. The van der Waals surface area contributed by atoms with E-state index >= 15 is 0 Å². The molecule has 5 heteroatoms. The molecule has 6 aromatic carbocycles. The van der Waals surface area contributed by atoms with Crippen LogP contribution in [0.1, 0.15) is 0 Å². The van der Waals surface area contributed by atoms with Gasteiger partial charge in [0.15, 0.2) is 5.82 Å². The molecule has 0 bridgehead atoms. The summed E-state index contributed by atoms with van der Waals surface area (Å²) in [4.78, 5) is 13.3. The van der Waals surface area contributed by atoms with Crippen LogP contribution < -0.4 is 0 Å². The molecule has 0 aliphatic carbocycles. The molecule has 1 N–H and O–H groups in total. The van der Waals surface area contributed by atoms with Crippen molar-refractivity contribution in [2.24, 2.45) is 0 Å². The number of nitrogens with one attached hydrogen (secondary N) is 1. The Morgan fingerprint density at radius 3 is 2.35 bits per heavy atom. The average Bonchev–Trinajstić information content (AvgIpc) is 3.73. The van der Waals surface area contributed by atoms with Crippen molar-refractivity contribution in [3.63, 3.8) is 0 Å². The molecule has 43 heavy (non-hydrogen) atoms. The predicted molar refractivity (Wildman–Crippen MR) is 182 cm³/mol.